The number of piperidine rings is 2. The lowest BCUT2D eigenvalue weighted by molar-refractivity contribution is -0.194. The highest BCUT2D eigenvalue weighted by Gasteiger charge is 2.61. The molecule has 4 aliphatic rings. The van der Waals surface area contributed by atoms with E-state index in [0.717, 1.165) is 4.90 Å². The van der Waals surface area contributed by atoms with Gasteiger partial charge in [0.05, 0.1) is 22.9 Å². The van der Waals surface area contributed by atoms with Gasteiger partial charge in [-0.3, -0.25) is 14.6 Å². The van der Waals surface area contributed by atoms with Gasteiger partial charge in [0.25, 0.3) is 12.3 Å². The summed E-state index contributed by atoms with van der Waals surface area (Å²) in [5.74, 6) is -7.32. The molecule has 3 aromatic rings. The van der Waals surface area contributed by atoms with Crippen molar-refractivity contribution < 1.29 is 31.5 Å². The highest BCUT2D eigenvalue weighted by Crippen LogP contribution is 2.53. The molecule has 1 saturated carbocycles. The lowest BCUT2D eigenvalue weighted by Crippen LogP contribution is -2.63. The zero-order valence-corrected chi connectivity index (χ0v) is 21.3. The van der Waals surface area contributed by atoms with Crippen LogP contribution in [0.15, 0.2) is 48.7 Å². The largest absolute Gasteiger partial charge is 0.355 e. The van der Waals surface area contributed by atoms with Crippen molar-refractivity contribution in [2.24, 2.45) is 11.8 Å². The predicted molar refractivity (Wildman–Crippen MR) is 137 cm³/mol. The molecule has 0 spiro atoms. The molecule has 40 heavy (non-hydrogen) atoms. The van der Waals surface area contributed by atoms with Crippen molar-refractivity contribution >= 4 is 29.0 Å². The summed E-state index contributed by atoms with van der Waals surface area (Å²) in [5.41, 5.74) is 0.730. The van der Waals surface area contributed by atoms with Crippen molar-refractivity contribution in [3.05, 3.63) is 65.9 Å². The van der Waals surface area contributed by atoms with E-state index < -0.39 is 54.4 Å². The van der Waals surface area contributed by atoms with Crippen LogP contribution in [0.5, 0.6) is 0 Å². The van der Waals surface area contributed by atoms with Crippen LogP contribution >= 0.6 is 0 Å². The van der Waals surface area contributed by atoms with Gasteiger partial charge in [-0.05, 0) is 31.5 Å². The molecule has 7 rings (SSSR count). The predicted octanol–water partition coefficient (Wildman–Crippen LogP) is 5.40. The molecule has 5 heterocycles. The number of amides is 2. The van der Waals surface area contributed by atoms with Crippen molar-refractivity contribution in [2.45, 2.75) is 31.6 Å². The zero-order chi connectivity index (χ0) is 28.3. The molecule has 12 heteroatoms. The minimum atomic E-state index is -2.77. The fraction of sp³-hybridized carbons (Fsp3) is 0.357. The second kappa shape index (κ2) is 9.53. The molecule has 208 valence electrons. The Labute approximate surface area is 226 Å². The van der Waals surface area contributed by atoms with Gasteiger partial charge in [-0.2, -0.15) is 4.39 Å². The third-order valence-corrected chi connectivity index (χ3v) is 8.00. The Morgan fingerprint density at radius 3 is 2.50 bits per heavy atom. The molecule has 2 bridgehead atoms. The number of pyridine rings is 2. The Hall–Kier alpha value is -4.09. The van der Waals surface area contributed by atoms with Crippen molar-refractivity contribution in [3.8, 4) is 11.1 Å². The second-order valence-electron chi connectivity index (χ2n) is 10.4. The van der Waals surface area contributed by atoms with Gasteiger partial charge in [-0.15, -0.1) is 0 Å². The number of aromatic nitrogens is 2. The number of nitrogens with one attached hydrogen (secondary N) is 1. The number of halogens is 5. The highest BCUT2D eigenvalue weighted by atomic mass is 19.3. The number of benzene rings is 1. The normalized spacial score (nSPS) is 22.8. The van der Waals surface area contributed by atoms with E-state index in [2.05, 4.69) is 15.3 Å². The van der Waals surface area contributed by atoms with E-state index in [1.807, 2.05) is 0 Å². The summed E-state index contributed by atoms with van der Waals surface area (Å²) in [7, 11) is 0. The number of carbonyl (C=O) groups is 2. The van der Waals surface area contributed by atoms with Gasteiger partial charge in [-0.1, -0.05) is 18.2 Å². The molecule has 2 aromatic heterocycles. The molecule has 7 nitrogen and oxygen atoms in total. The first-order valence-electron chi connectivity index (χ1n) is 12.8. The number of hydrogen-bond acceptors (Lipinski definition) is 5. The van der Waals surface area contributed by atoms with Gasteiger partial charge in [0.1, 0.15) is 12.4 Å². The first-order valence-corrected chi connectivity index (χ1v) is 12.8. The van der Waals surface area contributed by atoms with Crippen LogP contribution in [0.3, 0.4) is 0 Å². The molecule has 3 aliphatic heterocycles. The SMILES string of the molecule is CC1C(=O)N(CC(=O)Nc2ccc(C(F)F)cc2)c2cc(N3CC4CC(C3)C4(F)F)nc(F)c2-c2cccnc21. The summed E-state index contributed by atoms with van der Waals surface area (Å²) in [5, 5.41) is 2.58. The second-order valence-corrected chi connectivity index (χ2v) is 10.4. The minimum Gasteiger partial charge on any atom is -0.355 e. The Kier molecular flexibility index (Phi) is 6.23. The Morgan fingerprint density at radius 1 is 1.15 bits per heavy atom. The summed E-state index contributed by atoms with van der Waals surface area (Å²) in [6.07, 6.45) is -0.799. The standard InChI is InChI=1S/C28H24F5N5O2/c1-14-24-19(3-2-8-34-24)23-20(10-21(36-26(23)31)37-11-16-9-17(12-37)28(16,32)33)38(27(14)40)13-22(39)35-18-6-4-15(5-7-18)25(29)30/h2-8,10,14,16-17,25H,9,11-13H2,1H3,(H,35,39). The number of carbonyl (C=O) groups excluding carboxylic acids is 2. The van der Waals surface area contributed by atoms with Crippen molar-refractivity contribution in [3.63, 3.8) is 0 Å². The van der Waals surface area contributed by atoms with Crippen LogP contribution in [0.4, 0.5) is 39.1 Å². The van der Waals surface area contributed by atoms with E-state index in [9.17, 15) is 27.2 Å². The average Bonchev–Trinajstić information content (AvgIpc) is 3.02. The number of hydrogen-bond donors (Lipinski definition) is 1. The van der Waals surface area contributed by atoms with Gasteiger partial charge in [0.2, 0.25) is 17.8 Å². The van der Waals surface area contributed by atoms with Crippen molar-refractivity contribution in [1.29, 1.82) is 0 Å². The zero-order valence-electron chi connectivity index (χ0n) is 21.3. The molecule has 2 amide bonds. The quantitative estimate of drug-likeness (QED) is 0.336. The number of alkyl halides is 4. The number of nitrogens with zero attached hydrogens (tertiary/aromatic N) is 4. The summed E-state index contributed by atoms with van der Waals surface area (Å²) < 4.78 is 70.0. The fourth-order valence-electron chi connectivity index (χ4n) is 5.79. The van der Waals surface area contributed by atoms with Crippen LogP contribution in [0, 0.1) is 17.8 Å². The summed E-state index contributed by atoms with van der Waals surface area (Å²) in [6, 6.07) is 9.66. The third-order valence-electron chi connectivity index (χ3n) is 8.00. The highest BCUT2D eigenvalue weighted by molar-refractivity contribution is 6.09. The molecule has 2 saturated heterocycles. The molecular weight excluding hydrogens is 533 g/mol. The Bertz CT molecular complexity index is 1480. The molecule has 1 aliphatic carbocycles. The average molecular weight is 558 g/mol. The Balaban J connectivity index is 1.37. The molecule has 3 fully saturated rings. The number of fused-ring (bicyclic) bond motifs is 5. The van der Waals surface area contributed by atoms with E-state index in [1.165, 1.54) is 36.5 Å². The van der Waals surface area contributed by atoms with Gasteiger partial charge in [0, 0.05) is 54.0 Å². The fourth-order valence-corrected chi connectivity index (χ4v) is 5.79. The summed E-state index contributed by atoms with van der Waals surface area (Å²) >= 11 is 0. The maximum atomic E-state index is 15.8. The maximum Gasteiger partial charge on any atom is 0.263 e. The summed E-state index contributed by atoms with van der Waals surface area (Å²) in [4.78, 5) is 37.9. The molecular formula is C28H24F5N5O2. The third kappa shape index (κ3) is 4.25. The maximum absolute atomic E-state index is 15.8. The van der Waals surface area contributed by atoms with Crippen LogP contribution in [-0.2, 0) is 9.59 Å². The van der Waals surface area contributed by atoms with Crippen LogP contribution in [0.2, 0.25) is 0 Å². The van der Waals surface area contributed by atoms with Gasteiger partial charge in [-0.25, -0.2) is 22.5 Å². The minimum absolute atomic E-state index is 0.00762. The number of anilines is 3. The van der Waals surface area contributed by atoms with E-state index >= 15 is 4.39 Å². The molecule has 3 atom stereocenters. The molecule has 0 radical (unpaired) electrons. The van der Waals surface area contributed by atoms with Crippen LogP contribution in [0.25, 0.3) is 11.1 Å². The van der Waals surface area contributed by atoms with E-state index in [0.29, 0.717) is 17.7 Å². The van der Waals surface area contributed by atoms with E-state index in [1.54, 1.807) is 24.0 Å². The van der Waals surface area contributed by atoms with E-state index in [-0.39, 0.29) is 41.4 Å². The Morgan fingerprint density at radius 2 is 1.85 bits per heavy atom. The smallest absolute Gasteiger partial charge is 0.263 e. The van der Waals surface area contributed by atoms with Crippen LogP contribution in [0.1, 0.15) is 36.9 Å². The molecule has 1 N–H and O–H groups in total. The first kappa shape index (κ1) is 26.1. The lowest BCUT2D eigenvalue weighted by atomic mass is 9.67. The lowest BCUT2D eigenvalue weighted by Gasteiger charge is -2.53. The van der Waals surface area contributed by atoms with Crippen LogP contribution < -0.4 is 15.1 Å². The van der Waals surface area contributed by atoms with Gasteiger partial charge >= 0.3 is 0 Å². The molecule has 3 unspecified atom stereocenters. The number of rotatable bonds is 5. The van der Waals surface area contributed by atoms with E-state index in [4.69, 9.17) is 0 Å². The summed E-state index contributed by atoms with van der Waals surface area (Å²) in [6.45, 7) is 1.06. The van der Waals surface area contributed by atoms with Crippen LogP contribution in [-0.4, -0.2) is 47.3 Å². The van der Waals surface area contributed by atoms with Gasteiger partial charge in [0.15, 0.2) is 0 Å². The van der Waals surface area contributed by atoms with Gasteiger partial charge < -0.3 is 15.1 Å². The topological polar surface area (TPSA) is 78.4 Å². The molecule has 1 aromatic carbocycles. The van der Waals surface area contributed by atoms with Crippen molar-refractivity contribution in [2.75, 3.05) is 34.8 Å². The first-order chi connectivity index (χ1) is 19.0. The monoisotopic (exact) mass is 557 g/mol. The van der Waals surface area contributed by atoms with Crippen molar-refractivity contribution in [1.82, 2.24) is 9.97 Å².